The molecular formula is C24H29N5OS. The molecule has 3 rings (SSSR count). The monoisotopic (exact) mass is 435 g/mol. The third kappa shape index (κ3) is 6.73. The first-order valence-electron chi connectivity index (χ1n) is 10.3. The summed E-state index contributed by atoms with van der Waals surface area (Å²) in [5.74, 6) is 1.20. The highest BCUT2D eigenvalue weighted by Crippen LogP contribution is 2.27. The number of hydrogen-bond donors (Lipinski definition) is 4. The maximum atomic E-state index is 12.5. The van der Waals surface area contributed by atoms with Gasteiger partial charge < -0.3 is 21.3 Å². The number of aromatic nitrogens is 1. The molecule has 0 aliphatic rings. The second kappa shape index (κ2) is 11.4. The topological polar surface area (TPSA) is 83.3 Å². The van der Waals surface area contributed by atoms with E-state index in [2.05, 4.69) is 23.3 Å². The lowest BCUT2D eigenvalue weighted by atomic mass is 10.1. The fraction of sp³-hybridized carbons (Fsp3) is 0.250. The highest BCUT2D eigenvalue weighted by atomic mass is 32.1. The minimum Gasteiger partial charge on any atom is -0.380 e. The normalized spacial score (nSPS) is 11.6. The Bertz CT molecular complexity index is 968. The van der Waals surface area contributed by atoms with Crippen molar-refractivity contribution in [1.82, 2.24) is 10.3 Å². The summed E-state index contributed by atoms with van der Waals surface area (Å²) in [6.07, 6.45) is 0. The molecule has 162 valence electrons. The molecule has 1 unspecified atom stereocenters. The maximum Gasteiger partial charge on any atom is 0.239 e. The Morgan fingerprint density at radius 3 is 2.42 bits per heavy atom. The number of nitrogens with one attached hydrogen (secondary N) is 2. The Kier molecular flexibility index (Phi) is 8.32. The van der Waals surface area contributed by atoms with Gasteiger partial charge in [0.1, 0.15) is 0 Å². The van der Waals surface area contributed by atoms with Gasteiger partial charge in [0.15, 0.2) is 5.82 Å². The predicted octanol–water partition coefficient (Wildman–Crippen LogP) is 3.17. The largest absolute Gasteiger partial charge is 0.380 e. The number of carbonyl (C=O) groups is 1. The van der Waals surface area contributed by atoms with Crippen molar-refractivity contribution in [2.75, 3.05) is 36.1 Å². The summed E-state index contributed by atoms with van der Waals surface area (Å²) in [7, 11) is 1.86. The Labute approximate surface area is 189 Å². The number of anilines is 2. The second-order valence-electron chi connectivity index (χ2n) is 7.38. The van der Waals surface area contributed by atoms with E-state index in [1.54, 1.807) is 0 Å². The number of carbonyl (C=O) groups excluding carboxylic acids is 1. The van der Waals surface area contributed by atoms with Crippen molar-refractivity contribution < 1.29 is 4.79 Å². The number of nitrogens with zero attached hydrogens (tertiary/aromatic N) is 2. The minimum atomic E-state index is -0.0792. The van der Waals surface area contributed by atoms with E-state index in [-0.39, 0.29) is 18.5 Å². The lowest BCUT2D eigenvalue weighted by Crippen LogP contribution is -2.36. The molecule has 2 aromatic carbocycles. The Morgan fingerprint density at radius 2 is 1.74 bits per heavy atom. The van der Waals surface area contributed by atoms with Crippen LogP contribution in [-0.4, -0.2) is 42.8 Å². The van der Waals surface area contributed by atoms with Crippen LogP contribution >= 0.6 is 12.6 Å². The molecule has 31 heavy (non-hydrogen) atoms. The maximum absolute atomic E-state index is 12.5. The van der Waals surface area contributed by atoms with Gasteiger partial charge in [0.2, 0.25) is 5.91 Å². The van der Waals surface area contributed by atoms with Gasteiger partial charge in [-0.05, 0) is 17.7 Å². The molecule has 0 saturated carbocycles. The van der Waals surface area contributed by atoms with E-state index in [1.807, 2.05) is 84.7 Å². The first kappa shape index (κ1) is 22.7. The zero-order valence-corrected chi connectivity index (χ0v) is 18.6. The van der Waals surface area contributed by atoms with E-state index in [1.165, 1.54) is 0 Å². The second-order valence-corrected chi connectivity index (χ2v) is 7.74. The van der Waals surface area contributed by atoms with Gasteiger partial charge in [0.25, 0.3) is 0 Å². The third-order valence-electron chi connectivity index (χ3n) is 4.81. The number of hydrogen-bond acceptors (Lipinski definition) is 6. The number of nitrogens with two attached hydrogens (primary N) is 1. The fourth-order valence-corrected chi connectivity index (χ4v) is 3.22. The van der Waals surface area contributed by atoms with Crippen molar-refractivity contribution in [1.29, 1.82) is 0 Å². The summed E-state index contributed by atoms with van der Waals surface area (Å²) in [5.41, 5.74) is 9.76. The van der Waals surface area contributed by atoms with Gasteiger partial charge in [0.05, 0.1) is 17.9 Å². The summed E-state index contributed by atoms with van der Waals surface area (Å²) in [5, 5.41) is 6.31. The first-order chi connectivity index (χ1) is 15.1. The molecule has 1 atom stereocenters. The minimum absolute atomic E-state index is 0.0729. The van der Waals surface area contributed by atoms with E-state index in [0.717, 1.165) is 22.5 Å². The number of pyridine rings is 1. The summed E-state index contributed by atoms with van der Waals surface area (Å²) in [4.78, 5) is 19.2. The average Bonchev–Trinajstić information content (AvgIpc) is 2.82. The molecule has 0 spiro atoms. The zero-order chi connectivity index (χ0) is 22.1. The lowest BCUT2D eigenvalue weighted by molar-refractivity contribution is -0.119. The standard InChI is InChI=1S/C24H29N5OS/c1-29(16-23(30)27-14-18-8-4-2-5-9-18)24-22(26-15-20(25)17-31)13-12-21(28-24)19-10-6-3-7-11-19/h2-13,20,26,31H,14-17,25H2,1H3,(H,27,30). The molecule has 0 aliphatic heterocycles. The van der Waals surface area contributed by atoms with Crippen LogP contribution in [0.2, 0.25) is 0 Å². The number of amides is 1. The Balaban J connectivity index is 1.75. The van der Waals surface area contributed by atoms with Crippen molar-refractivity contribution in [3.63, 3.8) is 0 Å². The van der Waals surface area contributed by atoms with Crippen LogP contribution in [-0.2, 0) is 11.3 Å². The highest BCUT2D eigenvalue weighted by molar-refractivity contribution is 7.80. The van der Waals surface area contributed by atoms with Crippen LogP contribution in [0.3, 0.4) is 0 Å². The van der Waals surface area contributed by atoms with Crippen LogP contribution in [0.1, 0.15) is 5.56 Å². The third-order valence-corrected chi connectivity index (χ3v) is 5.28. The van der Waals surface area contributed by atoms with Crippen LogP contribution in [0.4, 0.5) is 11.5 Å². The fourth-order valence-electron chi connectivity index (χ4n) is 3.10. The summed E-state index contributed by atoms with van der Waals surface area (Å²) >= 11 is 4.25. The molecule has 1 aromatic heterocycles. The van der Waals surface area contributed by atoms with Gasteiger partial charge in [-0.25, -0.2) is 4.98 Å². The lowest BCUT2D eigenvalue weighted by Gasteiger charge is -2.23. The van der Waals surface area contributed by atoms with Gasteiger partial charge in [-0.2, -0.15) is 12.6 Å². The summed E-state index contributed by atoms with van der Waals surface area (Å²) in [6, 6.07) is 23.7. The smallest absolute Gasteiger partial charge is 0.239 e. The number of likely N-dealkylation sites (N-methyl/N-ethyl adjacent to an activating group) is 1. The molecule has 4 N–H and O–H groups in total. The molecule has 0 aliphatic carbocycles. The van der Waals surface area contributed by atoms with Crippen molar-refractivity contribution in [3.05, 3.63) is 78.4 Å². The van der Waals surface area contributed by atoms with Gasteiger partial charge in [-0.1, -0.05) is 60.7 Å². The van der Waals surface area contributed by atoms with Crippen LogP contribution < -0.4 is 21.3 Å². The van der Waals surface area contributed by atoms with Crippen molar-refractivity contribution in [3.8, 4) is 11.3 Å². The van der Waals surface area contributed by atoms with Gasteiger partial charge in [0, 0.05) is 37.5 Å². The molecule has 1 heterocycles. The van der Waals surface area contributed by atoms with Crippen molar-refractivity contribution in [2.24, 2.45) is 5.73 Å². The number of benzene rings is 2. The van der Waals surface area contributed by atoms with Crippen LogP contribution in [0.15, 0.2) is 72.8 Å². The molecule has 0 radical (unpaired) electrons. The summed E-state index contributed by atoms with van der Waals surface area (Å²) < 4.78 is 0. The molecule has 0 fully saturated rings. The Hall–Kier alpha value is -3.03. The quantitative estimate of drug-likeness (QED) is 0.368. The molecule has 7 heteroatoms. The van der Waals surface area contributed by atoms with E-state index >= 15 is 0 Å². The summed E-state index contributed by atoms with van der Waals surface area (Å²) in [6.45, 7) is 1.25. The Morgan fingerprint density at radius 1 is 1.06 bits per heavy atom. The van der Waals surface area contributed by atoms with Crippen molar-refractivity contribution in [2.45, 2.75) is 12.6 Å². The molecule has 1 amide bonds. The van der Waals surface area contributed by atoms with E-state index in [0.29, 0.717) is 24.7 Å². The number of rotatable bonds is 10. The van der Waals surface area contributed by atoms with Gasteiger partial charge in [-0.15, -0.1) is 0 Å². The van der Waals surface area contributed by atoms with Crippen molar-refractivity contribution >= 4 is 30.0 Å². The highest BCUT2D eigenvalue weighted by Gasteiger charge is 2.15. The van der Waals surface area contributed by atoms with E-state index in [4.69, 9.17) is 10.7 Å². The first-order valence-corrected chi connectivity index (χ1v) is 10.9. The SMILES string of the molecule is CN(CC(=O)NCc1ccccc1)c1nc(-c2ccccc2)ccc1NCC(N)CS. The van der Waals surface area contributed by atoms with Gasteiger partial charge in [-0.3, -0.25) is 4.79 Å². The van der Waals surface area contributed by atoms with Crippen LogP contribution in [0.5, 0.6) is 0 Å². The van der Waals surface area contributed by atoms with E-state index < -0.39 is 0 Å². The van der Waals surface area contributed by atoms with Crippen LogP contribution in [0, 0.1) is 0 Å². The molecule has 0 saturated heterocycles. The zero-order valence-electron chi connectivity index (χ0n) is 17.7. The number of thiol groups is 1. The molecule has 0 bridgehead atoms. The average molecular weight is 436 g/mol. The van der Waals surface area contributed by atoms with Gasteiger partial charge >= 0.3 is 0 Å². The van der Waals surface area contributed by atoms with E-state index in [9.17, 15) is 4.79 Å². The van der Waals surface area contributed by atoms with Crippen LogP contribution in [0.25, 0.3) is 11.3 Å². The molecule has 3 aromatic rings. The molecular weight excluding hydrogens is 406 g/mol. The predicted molar refractivity (Wildman–Crippen MR) is 132 cm³/mol. The molecule has 6 nitrogen and oxygen atoms in total.